The topological polar surface area (TPSA) is 64.1 Å². The highest BCUT2D eigenvalue weighted by Crippen LogP contribution is 2.35. The van der Waals surface area contributed by atoms with E-state index in [2.05, 4.69) is 14.7 Å². The monoisotopic (exact) mass is 303 g/mol. The molecule has 1 aromatic carbocycles. The zero-order chi connectivity index (χ0) is 14.7. The van der Waals surface area contributed by atoms with Crippen molar-refractivity contribution in [2.45, 2.75) is 25.4 Å². The van der Waals surface area contributed by atoms with E-state index < -0.39 is 5.60 Å². The van der Waals surface area contributed by atoms with Crippen LogP contribution in [0.1, 0.15) is 34.0 Å². The molecule has 1 aliphatic rings. The van der Waals surface area contributed by atoms with E-state index in [1.54, 1.807) is 6.92 Å². The van der Waals surface area contributed by atoms with Crippen molar-refractivity contribution in [2.24, 2.45) is 0 Å². The summed E-state index contributed by atoms with van der Waals surface area (Å²) in [6, 6.07) is 10.1. The lowest BCUT2D eigenvalue weighted by molar-refractivity contribution is 0.00135. The number of amides is 1. The van der Waals surface area contributed by atoms with Crippen LogP contribution in [-0.4, -0.2) is 28.4 Å². The molecule has 0 aliphatic carbocycles. The summed E-state index contributed by atoms with van der Waals surface area (Å²) >= 11 is 1.12. The molecular formula is C15H17N3O2S. The van der Waals surface area contributed by atoms with Crippen LogP contribution in [0, 0.1) is 6.92 Å². The van der Waals surface area contributed by atoms with Gasteiger partial charge in [-0.15, -0.1) is 0 Å². The normalized spacial score (nSPS) is 21.4. The first-order chi connectivity index (χ1) is 10.2. The quantitative estimate of drug-likeness (QED) is 0.941. The predicted octanol–water partition coefficient (Wildman–Crippen LogP) is 2.28. The molecule has 0 saturated carbocycles. The Morgan fingerprint density at radius 3 is 2.86 bits per heavy atom. The third-order valence-electron chi connectivity index (χ3n) is 3.66. The number of nitrogens with one attached hydrogen (secondary N) is 1. The molecule has 1 unspecified atom stereocenters. The summed E-state index contributed by atoms with van der Waals surface area (Å²) in [4.78, 5) is 16.2. The van der Waals surface area contributed by atoms with Gasteiger partial charge >= 0.3 is 0 Å². The molecule has 1 saturated heterocycles. The fourth-order valence-electron chi connectivity index (χ4n) is 2.60. The second-order valence-corrected chi connectivity index (χ2v) is 5.89. The number of benzene rings is 1. The Labute approximate surface area is 127 Å². The first-order valence-electron chi connectivity index (χ1n) is 6.98. The van der Waals surface area contributed by atoms with Gasteiger partial charge in [0.15, 0.2) is 0 Å². The van der Waals surface area contributed by atoms with Gasteiger partial charge in [-0.25, -0.2) is 4.98 Å². The van der Waals surface area contributed by atoms with Crippen molar-refractivity contribution >= 4 is 17.4 Å². The number of carbonyl (C=O) groups is 1. The molecule has 110 valence electrons. The van der Waals surface area contributed by atoms with Crippen LogP contribution in [0.15, 0.2) is 30.3 Å². The molecule has 1 amide bonds. The first-order valence-corrected chi connectivity index (χ1v) is 7.75. The average molecular weight is 303 g/mol. The van der Waals surface area contributed by atoms with Crippen LogP contribution < -0.4 is 5.32 Å². The van der Waals surface area contributed by atoms with Gasteiger partial charge in [0.05, 0.1) is 6.54 Å². The van der Waals surface area contributed by atoms with Crippen LogP contribution in [0.5, 0.6) is 0 Å². The molecule has 5 nitrogen and oxygen atoms in total. The van der Waals surface area contributed by atoms with E-state index >= 15 is 0 Å². The molecule has 1 aromatic heterocycles. The van der Waals surface area contributed by atoms with Gasteiger partial charge in [0.2, 0.25) is 5.01 Å². The lowest BCUT2D eigenvalue weighted by atomic mass is 9.90. The number of nitrogens with zero attached hydrogens (tertiary/aromatic N) is 2. The average Bonchev–Trinajstić information content (AvgIpc) is 3.16. The summed E-state index contributed by atoms with van der Waals surface area (Å²) < 4.78 is 10.0. The highest BCUT2D eigenvalue weighted by Gasteiger charge is 2.37. The lowest BCUT2D eigenvalue weighted by Crippen LogP contribution is -2.40. The minimum absolute atomic E-state index is 0.189. The Morgan fingerprint density at radius 1 is 1.43 bits per heavy atom. The van der Waals surface area contributed by atoms with Crippen LogP contribution in [0.25, 0.3) is 0 Å². The molecule has 0 bridgehead atoms. The highest BCUT2D eigenvalue weighted by atomic mass is 32.1. The van der Waals surface area contributed by atoms with Crippen LogP contribution in [-0.2, 0) is 10.3 Å². The van der Waals surface area contributed by atoms with Gasteiger partial charge in [-0.3, -0.25) is 4.79 Å². The molecule has 3 rings (SSSR count). The van der Waals surface area contributed by atoms with E-state index in [4.69, 9.17) is 4.74 Å². The molecule has 0 spiro atoms. The van der Waals surface area contributed by atoms with Gasteiger partial charge < -0.3 is 10.1 Å². The standard InChI is InChI=1S/C15H17N3O2S/c1-11-17-14(21-18-11)13(19)16-10-15(8-5-9-20-15)12-6-3-2-4-7-12/h2-4,6-7H,5,8-10H2,1H3,(H,16,19). The van der Waals surface area contributed by atoms with E-state index in [0.29, 0.717) is 17.4 Å². The Kier molecular flexibility index (Phi) is 3.98. The number of hydrogen-bond acceptors (Lipinski definition) is 5. The van der Waals surface area contributed by atoms with Crippen molar-refractivity contribution in [1.82, 2.24) is 14.7 Å². The lowest BCUT2D eigenvalue weighted by Gasteiger charge is -2.29. The maximum absolute atomic E-state index is 12.1. The van der Waals surface area contributed by atoms with Crippen molar-refractivity contribution in [3.63, 3.8) is 0 Å². The van der Waals surface area contributed by atoms with Crippen molar-refractivity contribution in [3.8, 4) is 0 Å². The van der Waals surface area contributed by atoms with Gasteiger partial charge in [0, 0.05) is 6.61 Å². The summed E-state index contributed by atoms with van der Waals surface area (Å²) in [6.45, 7) is 2.95. The second-order valence-electron chi connectivity index (χ2n) is 5.14. The van der Waals surface area contributed by atoms with E-state index in [1.807, 2.05) is 30.3 Å². The highest BCUT2D eigenvalue weighted by molar-refractivity contribution is 7.07. The number of aromatic nitrogens is 2. The fraction of sp³-hybridized carbons (Fsp3) is 0.400. The van der Waals surface area contributed by atoms with Crippen LogP contribution in [0.3, 0.4) is 0 Å². The van der Waals surface area contributed by atoms with E-state index in [-0.39, 0.29) is 5.91 Å². The van der Waals surface area contributed by atoms with Gasteiger partial charge in [0.25, 0.3) is 5.91 Å². The van der Waals surface area contributed by atoms with E-state index in [9.17, 15) is 4.79 Å². The maximum Gasteiger partial charge on any atom is 0.281 e. The largest absolute Gasteiger partial charge is 0.368 e. The third-order valence-corrected chi connectivity index (χ3v) is 4.46. The van der Waals surface area contributed by atoms with E-state index in [1.165, 1.54) is 0 Å². The molecule has 2 aromatic rings. The summed E-state index contributed by atoms with van der Waals surface area (Å²) in [5, 5.41) is 3.33. The molecular weight excluding hydrogens is 286 g/mol. The van der Waals surface area contributed by atoms with Gasteiger partial charge in [0.1, 0.15) is 11.4 Å². The van der Waals surface area contributed by atoms with Crippen LogP contribution in [0.2, 0.25) is 0 Å². The van der Waals surface area contributed by atoms with Crippen LogP contribution in [0.4, 0.5) is 0 Å². The smallest absolute Gasteiger partial charge is 0.281 e. The molecule has 6 heteroatoms. The zero-order valence-electron chi connectivity index (χ0n) is 11.8. The SMILES string of the molecule is Cc1nsc(C(=O)NCC2(c3ccccc3)CCCO2)n1. The number of aryl methyl sites for hydroxylation is 1. The minimum atomic E-state index is -0.420. The molecule has 0 radical (unpaired) electrons. The van der Waals surface area contributed by atoms with Crippen molar-refractivity contribution < 1.29 is 9.53 Å². The van der Waals surface area contributed by atoms with Gasteiger partial charge in [-0.05, 0) is 36.9 Å². The zero-order valence-corrected chi connectivity index (χ0v) is 12.7. The Hall–Kier alpha value is -1.79. The summed E-state index contributed by atoms with van der Waals surface area (Å²) in [5.41, 5.74) is 0.688. The molecule has 1 aliphatic heterocycles. The van der Waals surface area contributed by atoms with Gasteiger partial charge in [-0.1, -0.05) is 30.3 Å². The number of ether oxygens (including phenoxy) is 1. The number of rotatable bonds is 4. The second kappa shape index (κ2) is 5.91. The first kappa shape index (κ1) is 14.2. The molecule has 21 heavy (non-hydrogen) atoms. The number of hydrogen-bond donors (Lipinski definition) is 1. The predicted molar refractivity (Wildman–Crippen MR) is 80.3 cm³/mol. The summed E-state index contributed by atoms with van der Waals surface area (Å²) in [5.74, 6) is 0.437. The van der Waals surface area contributed by atoms with Crippen LogP contribution >= 0.6 is 11.5 Å². The fourth-order valence-corrected chi connectivity index (χ4v) is 3.18. The Morgan fingerprint density at radius 2 is 2.24 bits per heavy atom. The van der Waals surface area contributed by atoms with Crippen molar-refractivity contribution in [1.29, 1.82) is 0 Å². The Bertz CT molecular complexity index is 621. The summed E-state index contributed by atoms with van der Waals surface area (Å²) in [6.07, 6.45) is 1.91. The van der Waals surface area contributed by atoms with Crippen molar-refractivity contribution in [2.75, 3.05) is 13.2 Å². The molecule has 1 fully saturated rings. The third kappa shape index (κ3) is 2.96. The molecule has 1 N–H and O–H groups in total. The summed E-state index contributed by atoms with van der Waals surface area (Å²) in [7, 11) is 0. The molecule has 1 atom stereocenters. The number of carbonyl (C=O) groups excluding carboxylic acids is 1. The van der Waals surface area contributed by atoms with Crippen molar-refractivity contribution in [3.05, 3.63) is 46.7 Å². The molecule has 2 heterocycles. The van der Waals surface area contributed by atoms with Gasteiger partial charge in [-0.2, -0.15) is 4.37 Å². The maximum atomic E-state index is 12.1. The van der Waals surface area contributed by atoms with E-state index in [0.717, 1.165) is 36.5 Å². The Balaban J connectivity index is 1.73. The minimum Gasteiger partial charge on any atom is -0.368 e.